The fraction of sp³-hybridized carbons (Fsp3) is 0.333. The van der Waals surface area contributed by atoms with Crippen molar-refractivity contribution in [1.29, 1.82) is 0 Å². The Kier molecular flexibility index (Phi) is 6.13. The molecule has 7 heteroatoms. The summed E-state index contributed by atoms with van der Waals surface area (Å²) >= 11 is 0. The van der Waals surface area contributed by atoms with Gasteiger partial charge in [0.05, 0.1) is 13.7 Å². The molecule has 2 unspecified atom stereocenters. The highest BCUT2D eigenvalue weighted by Crippen LogP contribution is 2.48. The van der Waals surface area contributed by atoms with Crippen molar-refractivity contribution in [3.8, 4) is 11.5 Å². The van der Waals surface area contributed by atoms with Crippen LogP contribution in [0, 0.1) is 11.7 Å². The Bertz CT molecular complexity index is 871. The van der Waals surface area contributed by atoms with Crippen molar-refractivity contribution in [1.82, 2.24) is 10.9 Å². The number of hydrogen-bond donors (Lipinski definition) is 2. The van der Waals surface area contributed by atoms with Crippen LogP contribution in [0.4, 0.5) is 4.39 Å². The SMILES string of the molecule is CCCOc1ccc(C(=O)NNC(=O)C2CC2c2ccccc2F)cc1OC. The fourth-order valence-electron chi connectivity index (χ4n) is 3.03. The highest BCUT2D eigenvalue weighted by molar-refractivity contribution is 5.96. The molecule has 0 bridgehead atoms. The minimum absolute atomic E-state index is 0.159. The highest BCUT2D eigenvalue weighted by Gasteiger charge is 2.45. The first kappa shape index (κ1) is 19.7. The van der Waals surface area contributed by atoms with Crippen molar-refractivity contribution < 1.29 is 23.5 Å². The van der Waals surface area contributed by atoms with Crippen LogP contribution < -0.4 is 20.3 Å². The Labute approximate surface area is 163 Å². The van der Waals surface area contributed by atoms with Gasteiger partial charge in [0.25, 0.3) is 5.91 Å². The normalized spacial score (nSPS) is 17.5. The van der Waals surface area contributed by atoms with E-state index in [9.17, 15) is 14.0 Å². The highest BCUT2D eigenvalue weighted by atomic mass is 19.1. The number of amides is 2. The van der Waals surface area contributed by atoms with Crippen LogP contribution in [0.15, 0.2) is 42.5 Å². The van der Waals surface area contributed by atoms with E-state index in [1.165, 1.54) is 13.2 Å². The number of hydrazine groups is 1. The second-order valence-corrected chi connectivity index (χ2v) is 6.63. The quantitative estimate of drug-likeness (QED) is 0.717. The van der Waals surface area contributed by atoms with E-state index in [-0.39, 0.29) is 23.6 Å². The molecule has 28 heavy (non-hydrogen) atoms. The van der Waals surface area contributed by atoms with Crippen LogP contribution in [-0.4, -0.2) is 25.5 Å². The molecule has 148 valence electrons. The van der Waals surface area contributed by atoms with Crippen molar-refractivity contribution >= 4 is 11.8 Å². The zero-order valence-electron chi connectivity index (χ0n) is 15.8. The van der Waals surface area contributed by atoms with Gasteiger partial charge >= 0.3 is 0 Å². The van der Waals surface area contributed by atoms with Gasteiger partial charge in [-0.2, -0.15) is 0 Å². The maximum absolute atomic E-state index is 13.8. The Hall–Kier alpha value is -3.09. The summed E-state index contributed by atoms with van der Waals surface area (Å²) in [7, 11) is 1.49. The molecule has 2 atom stereocenters. The number of halogens is 1. The van der Waals surface area contributed by atoms with Crippen LogP contribution in [0.2, 0.25) is 0 Å². The van der Waals surface area contributed by atoms with Crippen molar-refractivity contribution in [2.24, 2.45) is 5.92 Å². The molecule has 1 fully saturated rings. The monoisotopic (exact) mass is 386 g/mol. The molecular formula is C21H23FN2O4. The van der Waals surface area contributed by atoms with Crippen LogP contribution in [-0.2, 0) is 4.79 Å². The maximum Gasteiger partial charge on any atom is 0.269 e. The van der Waals surface area contributed by atoms with E-state index >= 15 is 0 Å². The number of carbonyl (C=O) groups excluding carboxylic acids is 2. The average Bonchev–Trinajstić information content (AvgIpc) is 3.51. The molecule has 0 heterocycles. The third-order valence-electron chi connectivity index (χ3n) is 4.62. The van der Waals surface area contributed by atoms with Crippen LogP contribution >= 0.6 is 0 Å². The molecular weight excluding hydrogens is 363 g/mol. The van der Waals surface area contributed by atoms with E-state index in [1.54, 1.807) is 36.4 Å². The first-order chi connectivity index (χ1) is 13.5. The fourth-order valence-corrected chi connectivity index (χ4v) is 3.03. The molecule has 1 saturated carbocycles. The number of hydrogen-bond acceptors (Lipinski definition) is 4. The Balaban J connectivity index is 1.56. The third-order valence-corrected chi connectivity index (χ3v) is 4.62. The summed E-state index contributed by atoms with van der Waals surface area (Å²) in [5.41, 5.74) is 5.66. The summed E-state index contributed by atoms with van der Waals surface area (Å²) in [6.07, 6.45) is 1.41. The van der Waals surface area contributed by atoms with Gasteiger partial charge in [-0.05, 0) is 48.6 Å². The maximum atomic E-state index is 13.8. The van der Waals surface area contributed by atoms with Gasteiger partial charge in [-0.15, -0.1) is 0 Å². The van der Waals surface area contributed by atoms with Crippen LogP contribution in [0.3, 0.4) is 0 Å². The van der Waals surface area contributed by atoms with E-state index in [0.717, 1.165) is 6.42 Å². The minimum Gasteiger partial charge on any atom is -0.493 e. The number of nitrogens with one attached hydrogen (secondary N) is 2. The number of ether oxygens (including phenoxy) is 2. The lowest BCUT2D eigenvalue weighted by molar-refractivity contribution is -0.123. The van der Waals surface area contributed by atoms with E-state index in [0.29, 0.717) is 35.7 Å². The molecule has 0 radical (unpaired) electrons. The van der Waals surface area contributed by atoms with Gasteiger partial charge in [0.15, 0.2) is 11.5 Å². The number of carbonyl (C=O) groups is 2. The average molecular weight is 386 g/mol. The van der Waals surface area contributed by atoms with E-state index < -0.39 is 5.91 Å². The summed E-state index contributed by atoms with van der Waals surface area (Å²) in [6, 6.07) is 11.2. The van der Waals surface area contributed by atoms with Gasteiger partial charge in [0.2, 0.25) is 5.91 Å². The van der Waals surface area contributed by atoms with Gasteiger partial charge in [-0.25, -0.2) is 4.39 Å². The number of benzene rings is 2. The van der Waals surface area contributed by atoms with Crippen LogP contribution in [0.25, 0.3) is 0 Å². The molecule has 3 rings (SSSR count). The zero-order valence-corrected chi connectivity index (χ0v) is 15.8. The Morgan fingerprint density at radius 1 is 1.14 bits per heavy atom. The number of methoxy groups -OCH3 is 1. The summed E-state index contributed by atoms with van der Waals surface area (Å²) in [6.45, 7) is 2.54. The summed E-state index contributed by atoms with van der Waals surface area (Å²) in [5.74, 6) is -0.646. The topological polar surface area (TPSA) is 76.7 Å². The third kappa shape index (κ3) is 4.42. The Morgan fingerprint density at radius 2 is 1.93 bits per heavy atom. The second-order valence-electron chi connectivity index (χ2n) is 6.63. The van der Waals surface area contributed by atoms with Gasteiger partial charge < -0.3 is 9.47 Å². The lowest BCUT2D eigenvalue weighted by atomic mass is 10.1. The molecule has 2 aromatic carbocycles. The van der Waals surface area contributed by atoms with Gasteiger partial charge in [0.1, 0.15) is 5.82 Å². The zero-order chi connectivity index (χ0) is 20.1. The van der Waals surface area contributed by atoms with Crippen molar-refractivity contribution in [2.45, 2.75) is 25.7 Å². The minimum atomic E-state index is -0.475. The second kappa shape index (κ2) is 8.73. The molecule has 1 aliphatic rings. The van der Waals surface area contributed by atoms with Gasteiger partial charge in [-0.3, -0.25) is 20.4 Å². The predicted octanol–water partition coefficient (Wildman–Crippen LogP) is 3.19. The lowest BCUT2D eigenvalue weighted by Gasteiger charge is -2.12. The molecule has 0 saturated heterocycles. The molecule has 2 aromatic rings. The largest absolute Gasteiger partial charge is 0.493 e. The first-order valence-electron chi connectivity index (χ1n) is 9.20. The number of rotatable bonds is 7. The smallest absolute Gasteiger partial charge is 0.269 e. The summed E-state index contributed by atoms with van der Waals surface area (Å²) in [4.78, 5) is 24.5. The van der Waals surface area contributed by atoms with Crippen molar-refractivity contribution in [3.05, 3.63) is 59.4 Å². The van der Waals surface area contributed by atoms with Crippen LogP contribution in [0.1, 0.15) is 41.6 Å². The summed E-state index contributed by atoms with van der Waals surface area (Å²) < 4.78 is 24.6. The molecule has 2 amide bonds. The van der Waals surface area contributed by atoms with E-state index in [4.69, 9.17) is 9.47 Å². The Morgan fingerprint density at radius 3 is 2.64 bits per heavy atom. The predicted molar refractivity (Wildman–Crippen MR) is 102 cm³/mol. The molecule has 0 aliphatic heterocycles. The first-order valence-corrected chi connectivity index (χ1v) is 9.20. The molecule has 1 aliphatic carbocycles. The molecule has 0 spiro atoms. The van der Waals surface area contributed by atoms with Crippen LogP contribution in [0.5, 0.6) is 11.5 Å². The molecule has 2 N–H and O–H groups in total. The van der Waals surface area contributed by atoms with Gasteiger partial charge in [-0.1, -0.05) is 25.1 Å². The standard InChI is InChI=1S/C21H23FN2O4/c1-3-10-28-18-9-8-13(11-19(18)27-2)20(25)23-24-21(26)16-12-15(16)14-6-4-5-7-17(14)22/h4-9,11,15-16H,3,10,12H2,1-2H3,(H,23,25)(H,24,26). The molecule has 0 aromatic heterocycles. The molecule has 6 nitrogen and oxygen atoms in total. The van der Waals surface area contributed by atoms with E-state index in [1.807, 2.05) is 6.92 Å². The van der Waals surface area contributed by atoms with Gasteiger partial charge in [0, 0.05) is 11.5 Å². The van der Waals surface area contributed by atoms with E-state index in [2.05, 4.69) is 10.9 Å². The summed E-state index contributed by atoms with van der Waals surface area (Å²) in [5, 5.41) is 0. The van der Waals surface area contributed by atoms with Crippen molar-refractivity contribution in [2.75, 3.05) is 13.7 Å². The van der Waals surface area contributed by atoms with Crippen molar-refractivity contribution in [3.63, 3.8) is 0 Å². The lowest BCUT2D eigenvalue weighted by Crippen LogP contribution is -2.42.